The number of ether oxygens (including phenoxy) is 2. The van der Waals surface area contributed by atoms with Gasteiger partial charge in [0.25, 0.3) is 5.95 Å². The average Bonchev–Trinajstić information content (AvgIpc) is 3.55. The number of nitrogens with zero attached hydrogens (tertiary/aromatic N) is 4. The van der Waals surface area contributed by atoms with Crippen LogP contribution < -0.4 is 9.47 Å². The lowest BCUT2D eigenvalue weighted by Crippen LogP contribution is -2.04. The van der Waals surface area contributed by atoms with Crippen LogP contribution in [0.2, 0.25) is 0 Å². The molecule has 5 aromatic rings. The summed E-state index contributed by atoms with van der Waals surface area (Å²) in [7, 11) is 3.12. The highest BCUT2D eigenvalue weighted by Crippen LogP contribution is 2.37. The second-order valence-electron chi connectivity index (χ2n) is 7.36. The van der Waals surface area contributed by atoms with E-state index in [1.807, 2.05) is 22.9 Å². The summed E-state index contributed by atoms with van der Waals surface area (Å²) in [5.41, 5.74) is 2.79. The maximum atomic E-state index is 12.9. The predicted octanol–water partition coefficient (Wildman–Crippen LogP) is 6.25. The zero-order valence-electron chi connectivity index (χ0n) is 18.0. The lowest BCUT2D eigenvalue weighted by molar-refractivity contribution is -0.137. The first-order chi connectivity index (χ1) is 16.4. The van der Waals surface area contributed by atoms with Crippen LogP contribution in [-0.2, 0) is 6.18 Å². The Morgan fingerprint density at radius 3 is 2.26 bits per heavy atom. The van der Waals surface area contributed by atoms with E-state index in [0.29, 0.717) is 39.8 Å². The highest BCUT2D eigenvalue weighted by Gasteiger charge is 2.30. The van der Waals surface area contributed by atoms with Gasteiger partial charge in [-0.15, -0.1) is 0 Å². The molecule has 34 heavy (non-hydrogen) atoms. The minimum Gasteiger partial charge on any atom is -0.493 e. The maximum Gasteiger partial charge on any atom is 0.416 e. The van der Waals surface area contributed by atoms with Crippen LogP contribution in [0.5, 0.6) is 11.5 Å². The van der Waals surface area contributed by atoms with Gasteiger partial charge in [-0.1, -0.05) is 12.1 Å². The number of hydrogen-bond acceptors (Lipinski definition) is 6. The van der Waals surface area contributed by atoms with Gasteiger partial charge in [-0.3, -0.25) is 0 Å². The molecular formula is C24H17F3N4O2S. The lowest BCUT2D eigenvalue weighted by Gasteiger charge is -2.12. The second kappa shape index (κ2) is 8.45. The molecule has 3 aromatic heterocycles. The van der Waals surface area contributed by atoms with Gasteiger partial charge in [0, 0.05) is 34.2 Å². The first kappa shape index (κ1) is 21.9. The van der Waals surface area contributed by atoms with Crippen molar-refractivity contribution in [2.24, 2.45) is 0 Å². The highest BCUT2D eigenvalue weighted by atomic mass is 32.1. The molecule has 0 aliphatic heterocycles. The molecule has 0 aliphatic carbocycles. The number of halogens is 3. The van der Waals surface area contributed by atoms with Crippen LogP contribution in [0, 0.1) is 0 Å². The molecule has 0 aliphatic rings. The molecule has 172 valence electrons. The molecule has 0 saturated heterocycles. The van der Waals surface area contributed by atoms with Crippen LogP contribution in [0.4, 0.5) is 13.2 Å². The molecule has 10 heteroatoms. The predicted molar refractivity (Wildman–Crippen MR) is 124 cm³/mol. The van der Waals surface area contributed by atoms with Crippen molar-refractivity contribution in [2.75, 3.05) is 14.2 Å². The van der Waals surface area contributed by atoms with E-state index < -0.39 is 11.7 Å². The SMILES string of the molecule is COc1cc2nc(-n3cc(-c4ccc(C(F)(F)F)cc4)cn3)nc(-c3ccsc3)c2cc1OC. The molecule has 0 bridgehead atoms. The van der Waals surface area contributed by atoms with E-state index in [0.717, 1.165) is 23.1 Å². The van der Waals surface area contributed by atoms with Crippen molar-refractivity contribution in [3.8, 4) is 39.8 Å². The van der Waals surface area contributed by atoms with Gasteiger partial charge >= 0.3 is 6.18 Å². The summed E-state index contributed by atoms with van der Waals surface area (Å²) < 4.78 is 51.0. The monoisotopic (exact) mass is 482 g/mol. The molecule has 0 unspecified atom stereocenters. The third kappa shape index (κ3) is 3.96. The molecule has 0 amide bonds. The van der Waals surface area contributed by atoms with E-state index in [1.165, 1.54) is 16.8 Å². The van der Waals surface area contributed by atoms with E-state index in [1.54, 1.807) is 44.0 Å². The van der Waals surface area contributed by atoms with E-state index in [-0.39, 0.29) is 0 Å². The van der Waals surface area contributed by atoms with Crippen LogP contribution in [0.1, 0.15) is 5.56 Å². The molecule has 0 saturated carbocycles. The largest absolute Gasteiger partial charge is 0.493 e. The number of benzene rings is 2. The Morgan fingerprint density at radius 1 is 0.882 bits per heavy atom. The lowest BCUT2D eigenvalue weighted by atomic mass is 10.1. The van der Waals surface area contributed by atoms with Crippen LogP contribution in [0.15, 0.2) is 65.6 Å². The zero-order chi connectivity index (χ0) is 23.9. The molecule has 0 spiro atoms. The summed E-state index contributed by atoms with van der Waals surface area (Å²) in [5, 5.41) is 9.09. The topological polar surface area (TPSA) is 62.1 Å². The van der Waals surface area contributed by atoms with Crippen molar-refractivity contribution in [1.82, 2.24) is 19.7 Å². The van der Waals surface area contributed by atoms with Crippen molar-refractivity contribution in [3.05, 3.63) is 71.2 Å². The molecule has 0 N–H and O–H groups in total. The fourth-order valence-electron chi connectivity index (χ4n) is 3.60. The molecule has 3 heterocycles. The van der Waals surface area contributed by atoms with Gasteiger partial charge in [-0.25, -0.2) is 14.6 Å². The van der Waals surface area contributed by atoms with Gasteiger partial charge in [-0.2, -0.15) is 29.6 Å². The average molecular weight is 482 g/mol. The summed E-state index contributed by atoms with van der Waals surface area (Å²) >= 11 is 1.55. The highest BCUT2D eigenvalue weighted by molar-refractivity contribution is 7.08. The Hall–Kier alpha value is -3.92. The number of thiophene rings is 1. The van der Waals surface area contributed by atoms with Crippen LogP contribution in [-0.4, -0.2) is 34.0 Å². The number of rotatable bonds is 5. The zero-order valence-corrected chi connectivity index (χ0v) is 18.8. The van der Waals surface area contributed by atoms with E-state index in [9.17, 15) is 13.2 Å². The third-order valence-corrected chi connectivity index (χ3v) is 6.00. The Kier molecular flexibility index (Phi) is 5.45. The smallest absolute Gasteiger partial charge is 0.416 e. The van der Waals surface area contributed by atoms with Gasteiger partial charge in [-0.05, 0) is 35.2 Å². The minimum absolute atomic E-state index is 0.319. The van der Waals surface area contributed by atoms with Crippen LogP contribution in [0.3, 0.4) is 0 Å². The van der Waals surface area contributed by atoms with E-state index in [4.69, 9.17) is 14.5 Å². The van der Waals surface area contributed by atoms with Gasteiger partial charge in [0.05, 0.1) is 37.2 Å². The van der Waals surface area contributed by atoms with Gasteiger partial charge in [0.1, 0.15) is 0 Å². The van der Waals surface area contributed by atoms with Gasteiger partial charge < -0.3 is 9.47 Å². The molecule has 0 fully saturated rings. The van der Waals surface area contributed by atoms with Crippen molar-refractivity contribution in [2.45, 2.75) is 6.18 Å². The van der Waals surface area contributed by atoms with Crippen LogP contribution in [0.25, 0.3) is 39.2 Å². The summed E-state index contributed by atoms with van der Waals surface area (Å²) in [4.78, 5) is 9.41. The first-order valence-electron chi connectivity index (χ1n) is 10.1. The molecular weight excluding hydrogens is 465 g/mol. The number of alkyl halides is 3. The second-order valence-corrected chi connectivity index (χ2v) is 8.14. The molecule has 2 aromatic carbocycles. The number of aromatic nitrogens is 4. The number of methoxy groups -OCH3 is 2. The fraction of sp³-hybridized carbons (Fsp3) is 0.125. The normalized spacial score (nSPS) is 11.7. The van der Waals surface area contributed by atoms with Crippen molar-refractivity contribution in [3.63, 3.8) is 0 Å². The molecule has 0 radical (unpaired) electrons. The van der Waals surface area contributed by atoms with Gasteiger partial charge in [0.2, 0.25) is 0 Å². The Labute approximate surface area is 196 Å². The van der Waals surface area contributed by atoms with Crippen molar-refractivity contribution >= 4 is 22.2 Å². The Bertz CT molecular complexity index is 1460. The summed E-state index contributed by atoms with van der Waals surface area (Å²) in [6.45, 7) is 0. The van der Waals surface area contributed by atoms with E-state index >= 15 is 0 Å². The van der Waals surface area contributed by atoms with Crippen LogP contribution >= 0.6 is 11.3 Å². The summed E-state index contributed by atoms with van der Waals surface area (Å²) in [6, 6.07) is 10.5. The quantitative estimate of drug-likeness (QED) is 0.296. The number of hydrogen-bond donors (Lipinski definition) is 0. The number of fused-ring (bicyclic) bond motifs is 1. The van der Waals surface area contributed by atoms with E-state index in [2.05, 4.69) is 10.1 Å². The Morgan fingerprint density at radius 2 is 1.62 bits per heavy atom. The summed E-state index contributed by atoms with van der Waals surface area (Å²) in [5.74, 6) is 1.41. The maximum absolute atomic E-state index is 12.9. The molecule has 0 atom stereocenters. The van der Waals surface area contributed by atoms with Crippen molar-refractivity contribution < 1.29 is 22.6 Å². The Balaban J connectivity index is 1.61. The van der Waals surface area contributed by atoms with Gasteiger partial charge in [0.15, 0.2) is 11.5 Å². The summed E-state index contributed by atoms with van der Waals surface area (Å²) in [6.07, 6.45) is -1.14. The molecule has 6 nitrogen and oxygen atoms in total. The standard InChI is InChI=1S/C24H17F3N4O2S/c1-32-20-9-18-19(10-21(20)33-2)29-23(30-22(18)15-7-8-34-13-15)31-12-16(11-28-31)14-3-5-17(6-4-14)24(25,26)27/h3-13H,1-2H3. The first-order valence-corrected chi connectivity index (χ1v) is 11.0. The van der Waals surface area contributed by atoms with Crippen molar-refractivity contribution in [1.29, 1.82) is 0 Å². The fourth-order valence-corrected chi connectivity index (χ4v) is 4.24. The molecule has 5 rings (SSSR count). The third-order valence-electron chi connectivity index (χ3n) is 5.32. The minimum atomic E-state index is -4.39.